The average molecular weight is 400 g/mol. The highest BCUT2D eigenvalue weighted by molar-refractivity contribution is 14.1. The Labute approximate surface area is 136 Å². The minimum atomic E-state index is -0.546. The Kier molecular flexibility index (Phi) is 3.76. The van der Waals surface area contributed by atoms with E-state index in [9.17, 15) is 4.79 Å². The van der Waals surface area contributed by atoms with E-state index in [1.54, 1.807) is 11.6 Å². The molecule has 6 nitrogen and oxygen atoms in total. The van der Waals surface area contributed by atoms with Crippen LogP contribution >= 0.6 is 22.6 Å². The van der Waals surface area contributed by atoms with Gasteiger partial charge in [-0.2, -0.15) is 0 Å². The zero-order chi connectivity index (χ0) is 15.0. The topological polar surface area (TPSA) is 68.5 Å². The lowest BCUT2D eigenvalue weighted by molar-refractivity contribution is -0.123. The summed E-state index contributed by atoms with van der Waals surface area (Å²) in [6, 6.07) is 3.79. The number of methoxy groups -OCH3 is 1. The van der Waals surface area contributed by atoms with Crippen molar-refractivity contribution in [2.75, 3.05) is 13.7 Å². The molecule has 112 valence electrons. The van der Waals surface area contributed by atoms with Gasteiger partial charge in [-0.25, -0.2) is 9.50 Å². The van der Waals surface area contributed by atoms with Crippen LogP contribution < -0.4 is 10.1 Å². The summed E-state index contributed by atoms with van der Waals surface area (Å²) < 4.78 is 8.00. The van der Waals surface area contributed by atoms with Crippen LogP contribution in [0.4, 0.5) is 0 Å². The van der Waals surface area contributed by atoms with Gasteiger partial charge >= 0.3 is 0 Å². The molecular weight excluding hydrogens is 383 g/mol. The predicted molar refractivity (Wildman–Crippen MR) is 86.5 cm³/mol. The predicted octanol–water partition coefficient (Wildman–Crippen LogP) is 1.90. The van der Waals surface area contributed by atoms with Crippen LogP contribution in [0.5, 0.6) is 5.75 Å². The molecule has 3 rings (SSSR count). The molecule has 7 heteroatoms. The van der Waals surface area contributed by atoms with Gasteiger partial charge in [0.05, 0.1) is 7.11 Å². The highest BCUT2D eigenvalue weighted by Crippen LogP contribution is 2.47. The second-order valence-electron chi connectivity index (χ2n) is 5.23. The second kappa shape index (κ2) is 5.43. The Hall–Kier alpha value is -1.38. The van der Waals surface area contributed by atoms with E-state index in [0.29, 0.717) is 23.8 Å². The molecule has 0 unspecified atom stereocenters. The number of ether oxygens (including phenoxy) is 1. The van der Waals surface area contributed by atoms with E-state index in [1.807, 2.05) is 19.1 Å². The lowest BCUT2D eigenvalue weighted by atomic mass is 10.1. The molecule has 2 aromatic heterocycles. The van der Waals surface area contributed by atoms with Gasteiger partial charge in [-0.3, -0.25) is 4.79 Å². The fourth-order valence-corrected chi connectivity index (χ4v) is 2.87. The normalized spacial score (nSPS) is 16.0. The van der Waals surface area contributed by atoms with Crippen LogP contribution in [-0.2, 0) is 10.2 Å². The van der Waals surface area contributed by atoms with Gasteiger partial charge in [0, 0.05) is 6.54 Å². The summed E-state index contributed by atoms with van der Waals surface area (Å²) in [6.45, 7) is 2.73. The van der Waals surface area contributed by atoms with Gasteiger partial charge in [0.1, 0.15) is 9.12 Å². The minimum Gasteiger partial charge on any atom is -0.493 e. The van der Waals surface area contributed by atoms with Gasteiger partial charge in [0.15, 0.2) is 17.2 Å². The van der Waals surface area contributed by atoms with Gasteiger partial charge in [0.2, 0.25) is 5.91 Å². The van der Waals surface area contributed by atoms with Gasteiger partial charge < -0.3 is 10.1 Å². The Morgan fingerprint density at radius 3 is 2.90 bits per heavy atom. The van der Waals surface area contributed by atoms with E-state index in [0.717, 1.165) is 23.0 Å². The largest absolute Gasteiger partial charge is 0.493 e. The average Bonchev–Trinajstić information content (AvgIpc) is 3.18. The van der Waals surface area contributed by atoms with E-state index in [-0.39, 0.29) is 5.91 Å². The summed E-state index contributed by atoms with van der Waals surface area (Å²) >= 11 is 2.20. The van der Waals surface area contributed by atoms with Crippen LogP contribution in [0.3, 0.4) is 0 Å². The number of hydrogen-bond donors (Lipinski definition) is 1. The van der Waals surface area contributed by atoms with Crippen LogP contribution in [0.2, 0.25) is 0 Å². The summed E-state index contributed by atoms with van der Waals surface area (Å²) in [4.78, 5) is 16.9. The maximum Gasteiger partial charge on any atom is 0.233 e. The van der Waals surface area contributed by atoms with Crippen LogP contribution in [0, 0.1) is 3.70 Å². The lowest BCUT2D eigenvalue weighted by Gasteiger charge is -2.10. The monoisotopic (exact) mass is 400 g/mol. The molecule has 1 saturated carbocycles. The first-order valence-corrected chi connectivity index (χ1v) is 8.08. The van der Waals surface area contributed by atoms with E-state index < -0.39 is 5.41 Å². The molecule has 0 aliphatic heterocycles. The molecule has 2 heterocycles. The molecule has 0 aromatic carbocycles. The molecule has 1 fully saturated rings. The molecule has 1 N–H and O–H groups in total. The van der Waals surface area contributed by atoms with Crippen molar-refractivity contribution in [2.24, 2.45) is 0 Å². The van der Waals surface area contributed by atoms with E-state index in [1.165, 1.54) is 0 Å². The van der Waals surface area contributed by atoms with E-state index >= 15 is 0 Å². The van der Waals surface area contributed by atoms with Gasteiger partial charge in [0.25, 0.3) is 0 Å². The number of pyridine rings is 1. The van der Waals surface area contributed by atoms with Crippen molar-refractivity contribution < 1.29 is 9.53 Å². The van der Waals surface area contributed by atoms with E-state index in [4.69, 9.17) is 4.74 Å². The maximum absolute atomic E-state index is 12.4. The molecule has 0 spiro atoms. The molecule has 0 bridgehead atoms. The fraction of sp³-hybridized carbons (Fsp3) is 0.500. The quantitative estimate of drug-likeness (QED) is 0.615. The first-order chi connectivity index (χ1) is 10.1. The third kappa shape index (κ3) is 2.37. The summed E-state index contributed by atoms with van der Waals surface area (Å²) in [5.41, 5.74) is 0.115. The lowest BCUT2D eigenvalue weighted by Crippen LogP contribution is -2.35. The van der Waals surface area contributed by atoms with Crippen LogP contribution in [0.1, 0.15) is 32.0 Å². The van der Waals surface area contributed by atoms with Gasteiger partial charge in [-0.1, -0.05) is 6.92 Å². The molecule has 0 saturated heterocycles. The van der Waals surface area contributed by atoms with Crippen molar-refractivity contribution in [1.82, 2.24) is 19.9 Å². The number of nitrogens with one attached hydrogen (secondary N) is 1. The zero-order valence-electron chi connectivity index (χ0n) is 12.0. The summed E-state index contributed by atoms with van der Waals surface area (Å²) in [5, 5.41) is 7.50. The highest BCUT2D eigenvalue weighted by Gasteiger charge is 2.54. The molecule has 1 aliphatic carbocycles. The zero-order valence-corrected chi connectivity index (χ0v) is 14.2. The smallest absolute Gasteiger partial charge is 0.233 e. The number of carbonyl (C=O) groups is 1. The first kappa shape index (κ1) is 14.6. The number of amides is 1. The number of nitrogens with zero attached hydrogens (tertiary/aromatic N) is 3. The number of carbonyl (C=O) groups excluding carboxylic acids is 1. The number of aromatic nitrogens is 3. The molecule has 1 amide bonds. The third-order valence-electron chi connectivity index (χ3n) is 3.77. The number of fused-ring (bicyclic) bond motifs is 1. The third-order valence-corrected chi connectivity index (χ3v) is 4.59. The van der Waals surface area contributed by atoms with Crippen molar-refractivity contribution >= 4 is 34.1 Å². The molecule has 0 radical (unpaired) electrons. The van der Waals surface area contributed by atoms with Crippen LogP contribution in [-0.4, -0.2) is 34.2 Å². The standard InChI is InChI=1S/C14H17IN4O2/c1-3-8-16-13(20)14(6-7-14)12-17-11-9(21-2)4-5-10(15)19(11)18-12/h4-5H,3,6-8H2,1-2H3,(H,16,20). The molecule has 0 atom stereocenters. The molecular formula is C14H17IN4O2. The highest BCUT2D eigenvalue weighted by atomic mass is 127. The maximum atomic E-state index is 12.4. The number of rotatable bonds is 5. The van der Waals surface area contributed by atoms with Crippen molar-refractivity contribution in [2.45, 2.75) is 31.6 Å². The fourth-order valence-electron chi connectivity index (χ4n) is 2.36. The van der Waals surface area contributed by atoms with E-state index in [2.05, 4.69) is 38.0 Å². The summed E-state index contributed by atoms with van der Waals surface area (Å²) in [6.07, 6.45) is 2.53. The molecule has 21 heavy (non-hydrogen) atoms. The van der Waals surface area contributed by atoms with Gasteiger partial charge in [-0.05, 0) is 54.0 Å². The Bertz CT molecular complexity index is 694. The molecule has 2 aromatic rings. The SMILES string of the molecule is CCCNC(=O)C1(c2nc3c(OC)ccc(I)n3n2)CC1. The Morgan fingerprint density at radius 1 is 1.52 bits per heavy atom. The van der Waals surface area contributed by atoms with Crippen molar-refractivity contribution in [3.63, 3.8) is 0 Å². The van der Waals surface area contributed by atoms with Crippen LogP contribution in [0.25, 0.3) is 5.65 Å². The first-order valence-electron chi connectivity index (χ1n) is 7.00. The minimum absolute atomic E-state index is 0.0363. The Balaban J connectivity index is 2.02. The number of hydrogen-bond acceptors (Lipinski definition) is 4. The second-order valence-corrected chi connectivity index (χ2v) is 6.34. The van der Waals surface area contributed by atoms with Crippen molar-refractivity contribution in [3.8, 4) is 5.75 Å². The molecule has 1 aliphatic rings. The van der Waals surface area contributed by atoms with Gasteiger partial charge in [-0.15, -0.1) is 5.10 Å². The summed E-state index contributed by atoms with van der Waals surface area (Å²) in [7, 11) is 1.61. The van der Waals surface area contributed by atoms with Crippen molar-refractivity contribution in [3.05, 3.63) is 21.7 Å². The summed E-state index contributed by atoms with van der Waals surface area (Å²) in [5.74, 6) is 1.30. The van der Waals surface area contributed by atoms with Crippen LogP contribution in [0.15, 0.2) is 12.1 Å². The van der Waals surface area contributed by atoms with Crippen molar-refractivity contribution in [1.29, 1.82) is 0 Å². The Morgan fingerprint density at radius 2 is 2.29 bits per heavy atom. The number of halogens is 1.